The molecule has 4 nitrogen and oxygen atoms in total. The normalized spacial score (nSPS) is 11.1. The first kappa shape index (κ1) is 13.6. The van der Waals surface area contributed by atoms with Crippen LogP contribution in [0.5, 0.6) is 0 Å². The fourth-order valence-electron chi connectivity index (χ4n) is 2.70. The number of pyridine rings is 1. The van der Waals surface area contributed by atoms with Crippen molar-refractivity contribution in [3.63, 3.8) is 0 Å². The molecule has 108 valence electrons. The van der Waals surface area contributed by atoms with E-state index in [0.29, 0.717) is 5.82 Å². The molecular weight excluding hydrogens is 260 g/mol. The van der Waals surface area contributed by atoms with Gasteiger partial charge in [-0.1, -0.05) is 19.1 Å². The monoisotopic (exact) mass is 280 g/mol. The number of hydrogen-bond acceptors (Lipinski definition) is 3. The van der Waals surface area contributed by atoms with E-state index in [9.17, 15) is 0 Å². The van der Waals surface area contributed by atoms with Gasteiger partial charge in [-0.25, -0.2) is 9.97 Å². The summed E-state index contributed by atoms with van der Waals surface area (Å²) in [6.45, 7) is 3.20. The van der Waals surface area contributed by atoms with Crippen molar-refractivity contribution >= 4 is 16.9 Å². The number of para-hydroxylation sites is 2. The Labute approximate surface area is 124 Å². The number of rotatable bonds is 5. The lowest BCUT2D eigenvalue weighted by Gasteiger charge is -2.08. The van der Waals surface area contributed by atoms with E-state index in [1.54, 1.807) is 6.20 Å². The van der Waals surface area contributed by atoms with E-state index in [0.717, 1.165) is 37.1 Å². The van der Waals surface area contributed by atoms with Crippen molar-refractivity contribution in [1.82, 2.24) is 14.5 Å². The second-order valence-corrected chi connectivity index (χ2v) is 5.26. The quantitative estimate of drug-likeness (QED) is 0.780. The lowest BCUT2D eigenvalue weighted by molar-refractivity contribution is 0.650. The van der Waals surface area contributed by atoms with Crippen LogP contribution in [0.25, 0.3) is 11.0 Å². The van der Waals surface area contributed by atoms with Crippen molar-refractivity contribution in [3.8, 4) is 0 Å². The zero-order valence-electron chi connectivity index (χ0n) is 12.3. The molecule has 0 spiro atoms. The first-order valence-corrected chi connectivity index (χ1v) is 7.42. The summed E-state index contributed by atoms with van der Waals surface area (Å²) in [4.78, 5) is 8.82. The van der Waals surface area contributed by atoms with Crippen LogP contribution in [0.4, 0.5) is 5.82 Å². The van der Waals surface area contributed by atoms with E-state index in [4.69, 9.17) is 10.7 Å². The van der Waals surface area contributed by atoms with Crippen LogP contribution in [-0.4, -0.2) is 14.5 Å². The summed E-state index contributed by atoms with van der Waals surface area (Å²) in [6.07, 6.45) is 4.72. The molecule has 0 amide bonds. The van der Waals surface area contributed by atoms with E-state index in [1.165, 1.54) is 11.1 Å². The van der Waals surface area contributed by atoms with Crippen LogP contribution >= 0.6 is 0 Å². The van der Waals surface area contributed by atoms with Gasteiger partial charge in [-0.15, -0.1) is 0 Å². The molecule has 0 fully saturated rings. The second kappa shape index (κ2) is 5.95. The zero-order valence-corrected chi connectivity index (χ0v) is 12.3. The van der Waals surface area contributed by atoms with E-state index >= 15 is 0 Å². The highest BCUT2D eigenvalue weighted by molar-refractivity contribution is 5.75. The van der Waals surface area contributed by atoms with Gasteiger partial charge in [0.05, 0.1) is 11.0 Å². The molecule has 1 aromatic carbocycles. The number of benzene rings is 1. The minimum Gasteiger partial charge on any atom is -0.384 e. The number of anilines is 1. The molecule has 2 aromatic heterocycles. The molecule has 0 radical (unpaired) electrons. The molecule has 2 N–H and O–H groups in total. The average molecular weight is 280 g/mol. The Morgan fingerprint density at radius 3 is 2.81 bits per heavy atom. The molecular formula is C17H20N4. The van der Waals surface area contributed by atoms with Crippen molar-refractivity contribution in [1.29, 1.82) is 0 Å². The van der Waals surface area contributed by atoms with Crippen LogP contribution in [0.15, 0.2) is 42.6 Å². The third-order valence-corrected chi connectivity index (χ3v) is 3.66. The molecule has 3 aromatic rings. The van der Waals surface area contributed by atoms with Gasteiger partial charge in [0.25, 0.3) is 0 Å². The highest BCUT2D eigenvalue weighted by Gasteiger charge is 2.09. The van der Waals surface area contributed by atoms with Crippen LogP contribution < -0.4 is 5.73 Å². The van der Waals surface area contributed by atoms with Crippen LogP contribution in [0.1, 0.15) is 24.7 Å². The van der Waals surface area contributed by atoms with Crippen LogP contribution in [0, 0.1) is 0 Å². The van der Waals surface area contributed by atoms with E-state index in [1.807, 2.05) is 18.2 Å². The predicted molar refractivity (Wildman–Crippen MR) is 86.1 cm³/mol. The number of nitrogens with two attached hydrogens (primary N) is 1. The Balaban J connectivity index is 1.87. The van der Waals surface area contributed by atoms with Crippen molar-refractivity contribution < 1.29 is 0 Å². The average Bonchev–Trinajstić information content (AvgIpc) is 2.84. The van der Waals surface area contributed by atoms with Gasteiger partial charge >= 0.3 is 0 Å². The summed E-state index contributed by atoms with van der Waals surface area (Å²) in [6, 6.07) is 12.3. The highest BCUT2D eigenvalue weighted by Crippen LogP contribution is 2.18. The minimum atomic E-state index is 0.578. The maximum absolute atomic E-state index is 5.73. The Morgan fingerprint density at radius 1 is 1.14 bits per heavy atom. The molecule has 21 heavy (non-hydrogen) atoms. The van der Waals surface area contributed by atoms with Crippen molar-refractivity contribution in [2.75, 3.05) is 5.73 Å². The molecule has 0 bridgehead atoms. The second-order valence-electron chi connectivity index (χ2n) is 5.26. The highest BCUT2D eigenvalue weighted by atomic mass is 15.1. The van der Waals surface area contributed by atoms with Gasteiger partial charge in [-0.2, -0.15) is 0 Å². The van der Waals surface area contributed by atoms with E-state index in [2.05, 4.69) is 34.7 Å². The van der Waals surface area contributed by atoms with Crippen LogP contribution in [-0.2, 0) is 19.4 Å². The molecule has 0 atom stereocenters. The van der Waals surface area contributed by atoms with Crippen molar-refractivity contribution in [3.05, 3.63) is 54.0 Å². The van der Waals surface area contributed by atoms with Gasteiger partial charge in [0, 0.05) is 19.2 Å². The molecule has 0 aliphatic rings. The first-order chi connectivity index (χ1) is 10.3. The molecule has 0 unspecified atom stereocenters. The summed E-state index contributed by atoms with van der Waals surface area (Å²) in [5, 5.41) is 0. The topological polar surface area (TPSA) is 56.7 Å². The molecule has 2 heterocycles. The largest absolute Gasteiger partial charge is 0.384 e. The fraction of sp³-hybridized carbons (Fsp3) is 0.294. The predicted octanol–water partition coefficient (Wildman–Crippen LogP) is 3.21. The molecule has 0 saturated heterocycles. The molecule has 3 rings (SSSR count). The van der Waals surface area contributed by atoms with E-state index in [-0.39, 0.29) is 0 Å². The Hall–Kier alpha value is -2.36. The molecule has 4 heteroatoms. The number of nitrogens with zero attached hydrogens (tertiary/aromatic N) is 3. The van der Waals surface area contributed by atoms with E-state index < -0.39 is 0 Å². The third kappa shape index (κ3) is 2.89. The summed E-state index contributed by atoms with van der Waals surface area (Å²) in [5.74, 6) is 1.72. The summed E-state index contributed by atoms with van der Waals surface area (Å²) in [7, 11) is 0. The fourth-order valence-corrected chi connectivity index (χ4v) is 2.70. The minimum absolute atomic E-state index is 0.578. The number of nitrogen functional groups attached to an aromatic ring is 1. The maximum atomic E-state index is 5.73. The Bertz CT molecular complexity index is 745. The Kier molecular flexibility index (Phi) is 3.86. The zero-order chi connectivity index (χ0) is 14.7. The maximum Gasteiger partial charge on any atom is 0.123 e. The number of aryl methyl sites for hydroxylation is 3. The summed E-state index contributed by atoms with van der Waals surface area (Å²) in [5.41, 5.74) is 9.25. The standard InChI is InChI=1S/C17H20N4/c1-2-11-21-15-6-4-3-5-14(15)20-17(21)8-7-13-9-10-19-16(18)12-13/h3-6,9-10,12H,2,7-8,11H2,1H3,(H2,18,19). The van der Waals surface area contributed by atoms with Gasteiger partial charge in [-0.3, -0.25) is 0 Å². The van der Waals surface area contributed by atoms with Gasteiger partial charge in [0.15, 0.2) is 0 Å². The van der Waals surface area contributed by atoms with Crippen LogP contribution in [0.3, 0.4) is 0 Å². The van der Waals surface area contributed by atoms with Gasteiger partial charge in [-0.05, 0) is 42.7 Å². The first-order valence-electron chi connectivity index (χ1n) is 7.42. The van der Waals surface area contributed by atoms with Crippen molar-refractivity contribution in [2.45, 2.75) is 32.7 Å². The summed E-state index contributed by atoms with van der Waals surface area (Å²) >= 11 is 0. The third-order valence-electron chi connectivity index (χ3n) is 3.66. The van der Waals surface area contributed by atoms with Gasteiger partial charge < -0.3 is 10.3 Å². The lowest BCUT2D eigenvalue weighted by atomic mass is 10.1. The molecule has 0 saturated carbocycles. The SMILES string of the molecule is CCCn1c(CCc2ccnc(N)c2)nc2ccccc21. The lowest BCUT2D eigenvalue weighted by Crippen LogP contribution is -2.05. The number of hydrogen-bond donors (Lipinski definition) is 1. The smallest absolute Gasteiger partial charge is 0.123 e. The molecule has 0 aliphatic heterocycles. The summed E-state index contributed by atoms with van der Waals surface area (Å²) < 4.78 is 2.33. The van der Waals surface area contributed by atoms with Gasteiger partial charge in [0.2, 0.25) is 0 Å². The van der Waals surface area contributed by atoms with Crippen LogP contribution in [0.2, 0.25) is 0 Å². The van der Waals surface area contributed by atoms with Gasteiger partial charge in [0.1, 0.15) is 11.6 Å². The van der Waals surface area contributed by atoms with Crippen molar-refractivity contribution in [2.24, 2.45) is 0 Å². The Morgan fingerprint density at radius 2 is 2.00 bits per heavy atom. The number of imidazole rings is 1. The number of fused-ring (bicyclic) bond motifs is 1. The molecule has 0 aliphatic carbocycles. The number of aromatic nitrogens is 3.